The summed E-state index contributed by atoms with van der Waals surface area (Å²) in [5.41, 5.74) is 1.16. The summed E-state index contributed by atoms with van der Waals surface area (Å²) in [5, 5.41) is 3.57. The molecule has 0 saturated carbocycles. The SMILES string of the molecule is COc1ccccc1N1CCN(C(=NCCN2CCOCC2)NCCc2ccco2)CC1.I. The van der Waals surface area contributed by atoms with E-state index in [4.69, 9.17) is 18.9 Å². The van der Waals surface area contributed by atoms with Crippen LogP contribution >= 0.6 is 24.0 Å². The molecule has 2 aliphatic rings. The molecule has 0 amide bonds. The Balaban J connectivity index is 0.00000306. The van der Waals surface area contributed by atoms with Crippen LogP contribution in [-0.2, 0) is 11.2 Å². The number of methoxy groups -OCH3 is 1. The number of rotatable bonds is 8. The molecule has 4 rings (SSSR count). The molecule has 2 saturated heterocycles. The van der Waals surface area contributed by atoms with Crippen molar-refractivity contribution in [2.45, 2.75) is 6.42 Å². The molecule has 0 atom stereocenters. The highest BCUT2D eigenvalue weighted by Crippen LogP contribution is 2.28. The van der Waals surface area contributed by atoms with E-state index in [1.165, 1.54) is 0 Å². The van der Waals surface area contributed by atoms with Crippen LogP contribution in [0.25, 0.3) is 0 Å². The van der Waals surface area contributed by atoms with Gasteiger partial charge in [-0.1, -0.05) is 12.1 Å². The molecule has 0 aliphatic carbocycles. The molecular weight excluding hydrogens is 533 g/mol. The number of nitrogens with one attached hydrogen (secondary N) is 1. The molecule has 0 spiro atoms. The number of morpholine rings is 1. The van der Waals surface area contributed by atoms with Crippen molar-refractivity contribution in [3.8, 4) is 5.75 Å². The van der Waals surface area contributed by atoms with E-state index in [1.807, 2.05) is 24.3 Å². The van der Waals surface area contributed by atoms with E-state index in [2.05, 4.69) is 32.1 Å². The zero-order valence-corrected chi connectivity index (χ0v) is 21.8. The normalized spacial score (nSPS) is 17.5. The van der Waals surface area contributed by atoms with Crippen LogP contribution in [0.1, 0.15) is 5.76 Å². The summed E-state index contributed by atoms with van der Waals surface area (Å²) in [6.07, 6.45) is 2.57. The molecular formula is C24H36IN5O3. The Kier molecular flexibility index (Phi) is 10.6. The Morgan fingerprint density at radius 3 is 2.55 bits per heavy atom. The van der Waals surface area contributed by atoms with E-state index in [0.717, 1.165) is 102 Å². The van der Waals surface area contributed by atoms with Crippen molar-refractivity contribution in [1.82, 2.24) is 15.1 Å². The monoisotopic (exact) mass is 569 g/mol. The van der Waals surface area contributed by atoms with E-state index in [1.54, 1.807) is 13.4 Å². The number of ether oxygens (including phenoxy) is 2. The molecule has 8 nitrogen and oxygen atoms in total. The average Bonchev–Trinajstić information content (AvgIpc) is 3.37. The lowest BCUT2D eigenvalue weighted by Gasteiger charge is -2.38. The minimum absolute atomic E-state index is 0. The van der Waals surface area contributed by atoms with Gasteiger partial charge >= 0.3 is 0 Å². The van der Waals surface area contributed by atoms with Crippen molar-refractivity contribution >= 4 is 35.6 Å². The quantitative estimate of drug-likeness (QED) is 0.298. The van der Waals surface area contributed by atoms with Crippen LogP contribution < -0.4 is 15.0 Å². The minimum atomic E-state index is 0. The maximum atomic E-state index is 5.56. The number of para-hydroxylation sites is 2. The second-order valence-electron chi connectivity index (χ2n) is 8.06. The highest BCUT2D eigenvalue weighted by atomic mass is 127. The fraction of sp³-hybridized carbons (Fsp3) is 0.542. The number of hydrogen-bond acceptors (Lipinski definition) is 6. The van der Waals surface area contributed by atoms with Crippen molar-refractivity contribution in [3.63, 3.8) is 0 Å². The van der Waals surface area contributed by atoms with Gasteiger partial charge < -0.3 is 29.0 Å². The third kappa shape index (κ3) is 7.51. The second kappa shape index (κ2) is 13.7. The first-order chi connectivity index (χ1) is 15.8. The summed E-state index contributed by atoms with van der Waals surface area (Å²) in [7, 11) is 1.73. The summed E-state index contributed by atoms with van der Waals surface area (Å²) >= 11 is 0. The smallest absolute Gasteiger partial charge is 0.194 e. The zero-order chi connectivity index (χ0) is 22.0. The Morgan fingerprint density at radius 1 is 1.03 bits per heavy atom. The lowest BCUT2D eigenvalue weighted by atomic mass is 10.2. The molecule has 0 bridgehead atoms. The highest BCUT2D eigenvalue weighted by molar-refractivity contribution is 14.0. The van der Waals surface area contributed by atoms with Gasteiger partial charge in [0.05, 0.1) is 38.8 Å². The molecule has 2 aliphatic heterocycles. The van der Waals surface area contributed by atoms with Gasteiger partial charge in [0.1, 0.15) is 11.5 Å². The van der Waals surface area contributed by atoms with Crippen LogP contribution in [0.3, 0.4) is 0 Å². The Morgan fingerprint density at radius 2 is 1.82 bits per heavy atom. The van der Waals surface area contributed by atoms with E-state index in [0.29, 0.717) is 0 Å². The zero-order valence-electron chi connectivity index (χ0n) is 19.4. The van der Waals surface area contributed by atoms with E-state index in [-0.39, 0.29) is 24.0 Å². The third-order valence-electron chi connectivity index (χ3n) is 6.02. The lowest BCUT2D eigenvalue weighted by Crippen LogP contribution is -2.53. The largest absolute Gasteiger partial charge is 0.495 e. The van der Waals surface area contributed by atoms with Crippen molar-refractivity contribution in [3.05, 3.63) is 48.4 Å². The summed E-state index contributed by atoms with van der Waals surface area (Å²) < 4.78 is 16.5. The predicted molar refractivity (Wildman–Crippen MR) is 142 cm³/mol. The Bertz CT molecular complexity index is 834. The van der Waals surface area contributed by atoms with Crippen LogP contribution in [-0.4, -0.2) is 95.0 Å². The molecule has 0 radical (unpaired) electrons. The van der Waals surface area contributed by atoms with Crippen molar-refractivity contribution in [2.75, 3.05) is 84.1 Å². The van der Waals surface area contributed by atoms with Gasteiger partial charge in [0, 0.05) is 58.8 Å². The number of furan rings is 1. The van der Waals surface area contributed by atoms with Gasteiger partial charge in [0.25, 0.3) is 0 Å². The number of halogens is 1. The van der Waals surface area contributed by atoms with E-state index >= 15 is 0 Å². The molecule has 3 heterocycles. The Hall–Kier alpha value is -1.98. The van der Waals surface area contributed by atoms with Gasteiger partial charge in [-0.15, -0.1) is 24.0 Å². The Labute approximate surface area is 213 Å². The summed E-state index contributed by atoms with van der Waals surface area (Å²) in [5.74, 6) is 2.91. The highest BCUT2D eigenvalue weighted by Gasteiger charge is 2.22. The van der Waals surface area contributed by atoms with E-state index in [9.17, 15) is 0 Å². The van der Waals surface area contributed by atoms with E-state index < -0.39 is 0 Å². The summed E-state index contributed by atoms with van der Waals surface area (Å²) in [6, 6.07) is 12.2. The molecule has 1 N–H and O–H groups in total. The number of anilines is 1. The molecule has 1 aromatic carbocycles. The predicted octanol–water partition coefficient (Wildman–Crippen LogP) is 2.55. The van der Waals surface area contributed by atoms with Gasteiger partial charge in [0.15, 0.2) is 5.96 Å². The topological polar surface area (TPSA) is 65.7 Å². The van der Waals surface area contributed by atoms with Crippen LogP contribution in [0.2, 0.25) is 0 Å². The maximum absolute atomic E-state index is 5.56. The van der Waals surface area contributed by atoms with Crippen LogP contribution in [0, 0.1) is 0 Å². The van der Waals surface area contributed by atoms with Gasteiger partial charge in [-0.3, -0.25) is 9.89 Å². The number of piperazine rings is 1. The standard InChI is InChI=1S/C24H35N5O3.HI/c1-30-23-7-3-2-6-22(23)28-12-14-29(15-13-28)24(25-9-8-21-5-4-18-32-21)26-10-11-27-16-19-31-20-17-27;/h2-7,18H,8-17,19-20H2,1H3,(H,25,26);1H. The van der Waals surface area contributed by atoms with Crippen molar-refractivity contribution in [1.29, 1.82) is 0 Å². The fourth-order valence-electron chi connectivity index (χ4n) is 4.19. The first-order valence-corrected chi connectivity index (χ1v) is 11.6. The number of hydrogen-bond donors (Lipinski definition) is 1. The van der Waals surface area contributed by atoms with Gasteiger partial charge in [-0.2, -0.15) is 0 Å². The van der Waals surface area contributed by atoms with Crippen LogP contribution in [0.5, 0.6) is 5.75 Å². The number of guanidine groups is 1. The minimum Gasteiger partial charge on any atom is -0.495 e. The first kappa shape index (κ1) is 25.6. The number of benzene rings is 1. The molecule has 2 aromatic rings. The molecule has 2 fully saturated rings. The molecule has 33 heavy (non-hydrogen) atoms. The molecule has 0 unspecified atom stereocenters. The molecule has 1 aromatic heterocycles. The first-order valence-electron chi connectivity index (χ1n) is 11.6. The van der Waals surface area contributed by atoms with Gasteiger partial charge in [0.2, 0.25) is 0 Å². The summed E-state index contributed by atoms with van der Waals surface area (Å²) in [4.78, 5) is 12.2. The number of nitrogens with zero attached hydrogens (tertiary/aromatic N) is 4. The number of aliphatic imine (C=N–C) groups is 1. The second-order valence-corrected chi connectivity index (χ2v) is 8.06. The lowest BCUT2D eigenvalue weighted by molar-refractivity contribution is 0.0394. The van der Waals surface area contributed by atoms with Gasteiger partial charge in [-0.05, 0) is 24.3 Å². The fourth-order valence-corrected chi connectivity index (χ4v) is 4.19. The maximum Gasteiger partial charge on any atom is 0.194 e. The molecule has 182 valence electrons. The summed E-state index contributed by atoms with van der Waals surface area (Å²) in [6.45, 7) is 9.89. The average molecular weight is 569 g/mol. The van der Waals surface area contributed by atoms with Crippen molar-refractivity contribution in [2.24, 2.45) is 4.99 Å². The van der Waals surface area contributed by atoms with Gasteiger partial charge in [-0.25, -0.2) is 0 Å². The van der Waals surface area contributed by atoms with Crippen LogP contribution in [0.4, 0.5) is 5.69 Å². The van der Waals surface area contributed by atoms with Crippen molar-refractivity contribution < 1.29 is 13.9 Å². The third-order valence-corrected chi connectivity index (χ3v) is 6.02. The van der Waals surface area contributed by atoms with Crippen LogP contribution in [0.15, 0.2) is 52.1 Å². The molecule has 9 heteroatoms.